The number of carbonyl (C=O) groups is 1. The van der Waals surface area contributed by atoms with E-state index in [1.54, 1.807) is 0 Å². The molecule has 0 bridgehead atoms. The SMILES string of the molecule is CCCCC/C=C\C=C/CCCCCCCCCCCC(O)C(=O)NC(CO)C(O)C(O)CCC/C=C/CC/C=C/CCCCCCCCCCCCC. The van der Waals surface area contributed by atoms with Crippen molar-refractivity contribution in [1.29, 1.82) is 0 Å². The number of hydrogen-bond acceptors (Lipinski definition) is 5. The Morgan fingerprint density at radius 3 is 1.31 bits per heavy atom. The molecule has 0 saturated carbocycles. The predicted octanol–water partition coefficient (Wildman–Crippen LogP) is 12.3. The van der Waals surface area contributed by atoms with Crippen LogP contribution >= 0.6 is 0 Å². The van der Waals surface area contributed by atoms with Crippen LogP contribution in [0.15, 0.2) is 48.6 Å². The molecule has 0 saturated heterocycles. The highest BCUT2D eigenvalue weighted by Crippen LogP contribution is 2.15. The number of rotatable bonds is 41. The number of unbranched alkanes of at least 4 members (excludes halogenated alkanes) is 25. The number of aliphatic hydroxyl groups is 4. The average Bonchev–Trinajstić information content (AvgIpc) is 3.18. The predicted molar refractivity (Wildman–Crippen MR) is 233 cm³/mol. The number of allylic oxidation sites excluding steroid dienone is 8. The maximum Gasteiger partial charge on any atom is 0.249 e. The minimum atomic E-state index is -1.29. The first-order valence-electron chi connectivity index (χ1n) is 23.0. The molecule has 54 heavy (non-hydrogen) atoms. The monoisotopic (exact) mass is 760 g/mol. The molecule has 0 radical (unpaired) electrons. The summed E-state index contributed by atoms with van der Waals surface area (Å²) in [5.41, 5.74) is 0. The van der Waals surface area contributed by atoms with Crippen molar-refractivity contribution < 1.29 is 25.2 Å². The van der Waals surface area contributed by atoms with Crippen LogP contribution in [0.4, 0.5) is 0 Å². The molecule has 5 N–H and O–H groups in total. The van der Waals surface area contributed by atoms with Crippen molar-refractivity contribution in [3.8, 4) is 0 Å². The van der Waals surface area contributed by atoms with Crippen LogP contribution in [-0.4, -0.2) is 57.3 Å². The maximum absolute atomic E-state index is 12.5. The van der Waals surface area contributed by atoms with E-state index in [1.165, 1.54) is 141 Å². The van der Waals surface area contributed by atoms with Gasteiger partial charge >= 0.3 is 0 Å². The normalized spacial score (nSPS) is 14.6. The maximum atomic E-state index is 12.5. The van der Waals surface area contributed by atoms with Crippen LogP contribution in [0.3, 0.4) is 0 Å². The Morgan fingerprint density at radius 1 is 0.463 bits per heavy atom. The van der Waals surface area contributed by atoms with E-state index >= 15 is 0 Å². The highest BCUT2D eigenvalue weighted by atomic mass is 16.3. The highest BCUT2D eigenvalue weighted by Gasteiger charge is 2.28. The first-order chi connectivity index (χ1) is 26.5. The Bertz CT molecular complexity index is 900. The standard InChI is InChI=1S/C48H89NO5/c1-3-5-7-9-11-13-15-17-19-21-23-24-26-27-29-31-33-35-37-39-41-45(51)47(53)44(43-50)49-48(54)46(52)42-40-38-36-34-32-30-28-25-22-20-18-16-14-12-10-8-6-4-2/h12,14,16,18,26-27,33,35,44-47,50-53H,3-11,13,15,17,19-25,28-32,34,36-43H2,1-2H3,(H,49,54)/b14-12-,18-16-,27-26+,35-33+. The van der Waals surface area contributed by atoms with E-state index in [1.807, 2.05) is 0 Å². The number of carbonyl (C=O) groups excluding carboxylic acids is 1. The summed E-state index contributed by atoms with van der Waals surface area (Å²) in [5, 5.41) is 43.7. The fourth-order valence-electron chi connectivity index (χ4n) is 6.82. The number of nitrogens with one attached hydrogen (secondary N) is 1. The lowest BCUT2D eigenvalue weighted by Crippen LogP contribution is -2.53. The lowest BCUT2D eigenvalue weighted by Gasteiger charge is -2.27. The van der Waals surface area contributed by atoms with Gasteiger partial charge in [-0.05, 0) is 77.0 Å². The van der Waals surface area contributed by atoms with Gasteiger partial charge in [0.15, 0.2) is 0 Å². The minimum Gasteiger partial charge on any atom is -0.394 e. The van der Waals surface area contributed by atoms with Gasteiger partial charge in [-0.1, -0.05) is 191 Å². The van der Waals surface area contributed by atoms with E-state index in [9.17, 15) is 25.2 Å². The summed E-state index contributed by atoms with van der Waals surface area (Å²) in [6.45, 7) is 4.01. The molecule has 4 unspecified atom stereocenters. The summed E-state index contributed by atoms with van der Waals surface area (Å²) < 4.78 is 0. The zero-order chi connectivity index (χ0) is 39.6. The van der Waals surface area contributed by atoms with E-state index in [0.717, 1.165) is 44.9 Å². The zero-order valence-corrected chi connectivity index (χ0v) is 35.5. The molecule has 0 aromatic rings. The van der Waals surface area contributed by atoms with Crippen molar-refractivity contribution in [2.24, 2.45) is 0 Å². The molecule has 0 aromatic heterocycles. The Morgan fingerprint density at radius 2 is 0.833 bits per heavy atom. The van der Waals surface area contributed by atoms with Crippen molar-refractivity contribution in [3.05, 3.63) is 48.6 Å². The Labute approximate surface area is 334 Å². The van der Waals surface area contributed by atoms with Gasteiger partial charge in [0.1, 0.15) is 12.2 Å². The highest BCUT2D eigenvalue weighted by molar-refractivity contribution is 5.80. The second-order valence-corrected chi connectivity index (χ2v) is 15.8. The molecule has 0 aliphatic rings. The van der Waals surface area contributed by atoms with Crippen molar-refractivity contribution in [3.63, 3.8) is 0 Å². The van der Waals surface area contributed by atoms with Gasteiger partial charge < -0.3 is 25.7 Å². The second kappa shape index (κ2) is 42.4. The fourth-order valence-corrected chi connectivity index (χ4v) is 6.82. The van der Waals surface area contributed by atoms with Crippen LogP contribution in [0.25, 0.3) is 0 Å². The third-order valence-electron chi connectivity index (χ3n) is 10.5. The van der Waals surface area contributed by atoms with Gasteiger partial charge in [0.05, 0.1) is 18.8 Å². The Balaban J connectivity index is 3.81. The lowest BCUT2D eigenvalue weighted by atomic mass is 10.00. The zero-order valence-electron chi connectivity index (χ0n) is 35.5. The van der Waals surface area contributed by atoms with E-state index in [-0.39, 0.29) is 0 Å². The van der Waals surface area contributed by atoms with Gasteiger partial charge in [0.25, 0.3) is 0 Å². The third kappa shape index (κ3) is 35.9. The molecular formula is C48H89NO5. The van der Waals surface area contributed by atoms with E-state index in [0.29, 0.717) is 19.3 Å². The quantitative estimate of drug-likeness (QED) is 0.0242. The van der Waals surface area contributed by atoms with Crippen LogP contribution in [0, 0.1) is 0 Å². The topological polar surface area (TPSA) is 110 Å². The van der Waals surface area contributed by atoms with Crippen LogP contribution in [0.5, 0.6) is 0 Å². The summed E-state index contributed by atoms with van der Waals surface area (Å²) in [4.78, 5) is 12.5. The van der Waals surface area contributed by atoms with Crippen molar-refractivity contribution in [2.75, 3.05) is 6.61 Å². The Kier molecular flexibility index (Phi) is 41.1. The van der Waals surface area contributed by atoms with Crippen LogP contribution in [0.2, 0.25) is 0 Å². The number of amides is 1. The lowest BCUT2D eigenvalue weighted by molar-refractivity contribution is -0.132. The molecule has 6 nitrogen and oxygen atoms in total. The fraction of sp³-hybridized carbons (Fsp3) is 0.812. The first-order valence-corrected chi connectivity index (χ1v) is 23.0. The molecule has 0 heterocycles. The molecule has 316 valence electrons. The molecule has 0 aliphatic carbocycles. The van der Waals surface area contributed by atoms with Gasteiger partial charge in [0, 0.05) is 0 Å². The van der Waals surface area contributed by atoms with Gasteiger partial charge in [-0.15, -0.1) is 0 Å². The van der Waals surface area contributed by atoms with Gasteiger partial charge in [-0.3, -0.25) is 4.79 Å². The molecule has 6 heteroatoms. The summed E-state index contributed by atoms with van der Waals surface area (Å²) in [6, 6.07) is -1.01. The molecular weight excluding hydrogens is 671 g/mol. The van der Waals surface area contributed by atoms with Crippen molar-refractivity contribution in [1.82, 2.24) is 5.32 Å². The average molecular weight is 760 g/mol. The van der Waals surface area contributed by atoms with E-state index < -0.39 is 36.9 Å². The third-order valence-corrected chi connectivity index (χ3v) is 10.5. The molecule has 0 aromatic carbocycles. The summed E-state index contributed by atoms with van der Waals surface area (Å²) in [5.74, 6) is -0.603. The van der Waals surface area contributed by atoms with Gasteiger partial charge in [-0.25, -0.2) is 0 Å². The van der Waals surface area contributed by atoms with Crippen molar-refractivity contribution >= 4 is 5.91 Å². The van der Waals surface area contributed by atoms with E-state index in [4.69, 9.17) is 0 Å². The van der Waals surface area contributed by atoms with Gasteiger partial charge in [0.2, 0.25) is 5.91 Å². The van der Waals surface area contributed by atoms with Crippen LogP contribution in [0.1, 0.15) is 219 Å². The second-order valence-electron chi connectivity index (χ2n) is 15.8. The molecule has 0 spiro atoms. The number of hydrogen-bond donors (Lipinski definition) is 5. The molecule has 4 atom stereocenters. The largest absolute Gasteiger partial charge is 0.394 e. The molecule has 1 amide bonds. The summed E-state index contributed by atoms with van der Waals surface area (Å²) >= 11 is 0. The Hall–Kier alpha value is -1.73. The molecule has 0 fully saturated rings. The number of aliphatic hydroxyl groups excluding tert-OH is 4. The molecule has 0 aliphatic heterocycles. The molecule has 0 rings (SSSR count). The minimum absolute atomic E-state index is 0.353. The van der Waals surface area contributed by atoms with Crippen molar-refractivity contribution in [2.45, 2.75) is 244 Å². The smallest absolute Gasteiger partial charge is 0.249 e. The van der Waals surface area contributed by atoms with Crippen LogP contribution < -0.4 is 5.32 Å². The van der Waals surface area contributed by atoms with Gasteiger partial charge in [-0.2, -0.15) is 0 Å². The summed E-state index contributed by atoms with van der Waals surface area (Å²) in [6.07, 6.45) is 51.4. The van der Waals surface area contributed by atoms with E-state index in [2.05, 4.69) is 67.8 Å². The first kappa shape index (κ1) is 52.3. The summed E-state index contributed by atoms with van der Waals surface area (Å²) in [7, 11) is 0. The van der Waals surface area contributed by atoms with Crippen LogP contribution in [-0.2, 0) is 4.79 Å².